The largest absolute Gasteiger partial charge is 0.480 e. The number of hydrogen-bond acceptors (Lipinski definition) is 3. The second kappa shape index (κ2) is 8.09. The van der Waals surface area contributed by atoms with Gasteiger partial charge in [-0.05, 0) is 24.1 Å². The number of carboxylic acid groups (broad SMARTS) is 1. The Kier molecular flexibility index (Phi) is 6.78. The molecule has 0 aliphatic rings. The molecule has 0 aliphatic heterocycles. The molecular formula is C13H15Cl2NO4. The normalized spacial score (nSPS) is 11.9. The van der Waals surface area contributed by atoms with Gasteiger partial charge in [-0.2, -0.15) is 0 Å². The van der Waals surface area contributed by atoms with Crippen LogP contribution < -0.4 is 5.32 Å². The number of benzene rings is 1. The smallest absolute Gasteiger partial charge is 0.326 e. The maximum absolute atomic E-state index is 11.7. The van der Waals surface area contributed by atoms with Gasteiger partial charge in [-0.3, -0.25) is 4.79 Å². The highest BCUT2D eigenvalue weighted by Gasteiger charge is 2.19. The summed E-state index contributed by atoms with van der Waals surface area (Å²) in [6, 6.07) is 3.91. The molecule has 5 nitrogen and oxygen atoms in total. The molecule has 1 unspecified atom stereocenters. The van der Waals surface area contributed by atoms with Crippen LogP contribution in [-0.2, 0) is 16.0 Å². The lowest BCUT2D eigenvalue weighted by atomic mass is 10.1. The number of halogens is 2. The molecule has 0 saturated carbocycles. The summed E-state index contributed by atoms with van der Waals surface area (Å²) < 4.78 is 0. The van der Waals surface area contributed by atoms with Gasteiger partial charge in [-0.1, -0.05) is 29.3 Å². The number of rotatable bonds is 7. The summed E-state index contributed by atoms with van der Waals surface area (Å²) in [7, 11) is 0. The number of aliphatic hydroxyl groups is 1. The Morgan fingerprint density at radius 3 is 2.55 bits per heavy atom. The van der Waals surface area contributed by atoms with Gasteiger partial charge >= 0.3 is 5.97 Å². The standard InChI is InChI=1S/C13H15Cl2NO4/c14-9-3-1-8(10(15)7-9)2-4-12(18)16-11(5-6-17)13(19)20/h1,3,7,11,17H,2,4-6H2,(H,16,18)(H,19,20). The Bertz CT molecular complexity index is 493. The molecule has 1 atom stereocenters. The molecule has 0 bridgehead atoms. The van der Waals surface area contributed by atoms with Crippen LogP contribution in [0.25, 0.3) is 0 Å². The lowest BCUT2D eigenvalue weighted by molar-refractivity contribution is -0.142. The van der Waals surface area contributed by atoms with E-state index in [9.17, 15) is 9.59 Å². The molecule has 0 heterocycles. The lowest BCUT2D eigenvalue weighted by Gasteiger charge is -2.13. The van der Waals surface area contributed by atoms with Crippen molar-refractivity contribution in [1.29, 1.82) is 0 Å². The summed E-state index contributed by atoms with van der Waals surface area (Å²) in [5.41, 5.74) is 0.764. The van der Waals surface area contributed by atoms with Crippen molar-refractivity contribution >= 4 is 35.1 Å². The van der Waals surface area contributed by atoms with Gasteiger partial charge in [0.1, 0.15) is 6.04 Å². The van der Waals surface area contributed by atoms with E-state index in [4.69, 9.17) is 33.4 Å². The number of aliphatic hydroxyl groups excluding tert-OH is 1. The van der Waals surface area contributed by atoms with Gasteiger partial charge in [0.05, 0.1) is 0 Å². The van der Waals surface area contributed by atoms with Crippen LogP contribution in [0.5, 0.6) is 0 Å². The van der Waals surface area contributed by atoms with Crippen molar-refractivity contribution in [3.8, 4) is 0 Å². The summed E-state index contributed by atoms with van der Waals surface area (Å²) >= 11 is 11.7. The zero-order valence-electron chi connectivity index (χ0n) is 10.6. The van der Waals surface area contributed by atoms with E-state index >= 15 is 0 Å². The second-order valence-corrected chi connectivity index (χ2v) is 5.05. The minimum atomic E-state index is -1.17. The van der Waals surface area contributed by atoms with Crippen LogP contribution in [0, 0.1) is 0 Å². The van der Waals surface area contributed by atoms with Crippen molar-refractivity contribution in [3.05, 3.63) is 33.8 Å². The topological polar surface area (TPSA) is 86.6 Å². The van der Waals surface area contributed by atoms with E-state index in [0.717, 1.165) is 5.56 Å². The number of carboxylic acids is 1. The van der Waals surface area contributed by atoms with Crippen molar-refractivity contribution in [2.24, 2.45) is 0 Å². The molecule has 0 aromatic heterocycles. The molecule has 7 heteroatoms. The fourth-order valence-electron chi connectivity index (χ4n) is 1.63. The summed E-state index contributed by atoms with van der Waals surface area (Å²) in [5, 5.41) is 20.9. The number of aliphatic carboxylic acids is 1. The molecular weight excluding hydrogens is 305 g/mol. The van der Waals surface area contributed by atoms with Crippen LogP contribution in [0.3, 0.4) is 0 Å². The Balaban J connectivity index is 2.52. The zero-order valence-corrected chi connectivity index (χ0v) is 12.1. The van der Waals surface area contributed by atoms with E-state index in [0.29, 0.717) is 16.5 Å². The molecule has 1 rings (SSSR count). The average Bonchev–Trinajstić information content (AvgIpc) is 2.37. The fourth-order valence-corrected chi connectivity index (χ4v) is 2.13. The number of aryl methyl sites for hydroxylation is 1. The van der Waals surface area contributed by atoms with Crippen molar-refractivity contribution in [3.63, 3.8) is 0 Å². The van der Waals surface area contributed by atoms with E-state index < -0.39 is 17.9 Å². The third-order valence-electron chi connectivity index (χ3n) is 2.69. The van der Waals surface area contributed by atoms with Crippen LogP contribution in [-0.4, -0.2) is 34.7 Å². The summed E-state index contributed by atoms with van der Waals surface area (Å²) in [6.07, 6.45) is 0.465. The van der Waals surface area contributed by atoms with Gasteiger partial charge in [0.2, 0.25) is 5.91 Å². The minimum Gasteiger partial charge on any atom is -0.480 e. The highest BCUT2D eigenvalue weighted by atomic mass is 35.5. The van der Waals surface area contributed by atoms with Crippen LogP contribution in [0.1, 0.15) is 18.4 Å². The fraction of sp³-hybridized carbons (Fsp3) is 0.385. The van der Waals surface area contributed by atoms with Crippen LogP contribution >= 0.6 is 23.2 Å². The molecule has 0 fully saturated rings. The van der Waals surface area contributed by atoms with E-state index in [2.05, 4.69) is 5.32 Å². The molecule has 3 N–H and O–H groups in total. The molecule has 1 aromatic carbocycles. The third-order valence-corrected chi connectivity index (χ3v) is 3.27. The number of amides is 1. The SMILES string of the molecule is O=C(CCc1ccc(Cl)cc1Cl)NC(CCO)C(=O)O. The van der Waals surface area contributed by atoms with Crippen molar-refractivity contribution in [2.75, 3.05) is 6.61 Å². The summed E-state index contributed by atoms with van der Waals surface area (Å²) in [5.74, 6) is -1.58. The van der Waals surface area contributed by atoms with Gasteiger partial charge in [-0.15, -0.1) is 0 Å². The highest BCUT2D eigenvalue weighted by molar-refractivity contribution is 6.35. The molecule has 0 spiro atoms. The first kappa shape index (κ1) is 16.8. The Labute approximate surface area is 126 Å². The van der Waals surface area contributed by atoms with Crippen molar-refractivity contribution in [2.45, 2.75) is 25.3 Å². The number of carbonyl (C=O) groups excluding carboxylic acids is 1. The maximum atomic E-state index is 11.7. The van der Waals surface area contributed by atoms with Gasteiger partial charge in [0, 0.05) is 29.5 Å². The van der Waals surface area contributed by atoms with Gasteiger partial charge in [0.25, 0.3) is 0 Å². The molecule has 0 aliphatic carbocycles. The Morgan fingerprint density at radius 2 is 2.00 bits per heavy atom. The molecule has 0 radical (unpaired) electrons. The first-order chi connectivity index (χ1) is 9.43. The van der Waals surface area contributed by atoms with Gasteiger partial charge < -0.3 is 15.5 Å². The minimum absolute atomic E-state index is 0.0250. The second-order valence-electron chi connectivity index (χ2n) is 4.21. The van der Waals surface area contributed by atoms with E-state index in [1.165, 1.54) is 0 Å². The van der Waals surface area contributed by atoms with Crippen LogP contribution in [0.15, 0.2) is 18.2 Å². The van der Waals surface area contributed by atoms with Crippen molar-refractivity contribution in [1.82, 2.24) is 5.32 Å². The monoisotopic (exact) mass is 319 g/mol. The summed E-state index contributed by atoms with van der Waals surface area (Å²) in [6.45, 7) is -0.305. The zero-order chi connectivity index (χ0) is 15.1. The van der Waals surface area contributed by atoms with Crippen molar-refractivity contribution < 1.29 is 19.8 Å². The Morgan fingerprint density at radius 1 is 1.30 bits per heavy atom. The molecule has 1 aromatic rings. The first-order valence-electron chi connectivity index (χ1n) is 6.01. The van der Waals surface area contributed by atoms with Gasteiger partial charge in [-0.25, -0.2) is 4.79 Å². The quantitative estimate of drug-likeness (QED) is 0.716. The number of hydrogen-bond donors (Lipinski definition) is 3. The average molecular weight is 320 g/mol. The molecule has 20 heavy (non-hydrogen) atoms. The maximum Gasteiger partial charge on any atom is 0.326 e. The summed E-state index contributed by atoms with van der Waals surface area (Å²) in [4.78, 5) is 22.5. The lowest BCUT2D eigenvalue weighted by Crippen LogP contribution is -2.41. The number of nitrogens with one attached hydrogen (secondary N) is 1. The molecule has 0 saturated heterocycles. The van der Waals surface area contributed by atoms with Gasteiger partial charge in [0.15, 0.2) is 0 Å². The predicted molar refractivity (Wildman–Crippen MR) is 76.1 cm³/mol. The predicted octanol–water partition coefficient (Wildman–Crippen LogP) is 1.88. The van der Waals surface area contributed by atoms with Crippen LogP contribution in [0.4, 0.5) is 0 Å². The number of carbonyl (C=O) groups is 2. The Hall–Kier alpha value is -1.30. The third kappa shape index (κ3) is 5.36. The van der Waals surface area contributed by atoms with E-state index in [1.54, 1.807) is 18.2 Å². The highest BCUT2D eigenvalue weighted by Crippen LogP contribution is 2.22. The molecule has 1 amide bonds. The first-order valence-corrected chi connectivity index (χ1v) is 6.76. The van der Waals surface area contributed by atoms with E-state index in [-0.39, 0.29) is 19.4 Å². The molecule has 110 valence electrons. The van der Waals surface area contributed by atoms with E-state index in [1.807, 2.05) is 0 Å². The van der Waals surface area contributed by atoms with Crippen LogP contribution in [0.2, 0.25) is 10.0 Å².